The van der Waals surface area contributed by atoms with Crippen molar-refractivity contribution in [3.63, 3.8) is 0 Å². The first kappa shape index (κ1) is 11.2. The van der Waals surface area contributed by atoms with Gasteiger partial charge in [0.1, 0.15) is 11.7 Å². The summed E-state index contributed by atoms with van der Waals surface area (Å²) >= 11 is 0. The van der Waals surface area contributed by atoms with Crippen molar-refractivity contribution >= 4 is 5.97 Å². The van der Waals surface area contributed by atoms with Crippen molar-refractivity contribution < 1.29 is 19.7 Å². The van der Waals surface area contributed by atoms with Crippen LogP contribution in [0.5, 0.6) is 0 Å². The standard InChI is InChI=1S/C13H18O4/c1-2-11(14)17-10-4-3-9-8-5-6-12(15,7-8)13(9,10)16/h2,8-10,15-16H,1,3-7H2. The monoisotopic (exact) mass is 238 g/mol. The molecule has 4 nitrogen and oxygen atoms in total. The van der Waals surface area contributed by atoms with Crippen molar-refractivity contribution in [2.45, 2.75) is 49.4 Å². The maximum Gasteiger partial charge on any atom is 0.330 e. The largest absolute Gasteiger partial charge is 0.456 e. The van der Waals surface area contributed by atoms with Crippen LogP contribution in [-0.4, -0.2) is 33.5 Å². The van der Waals surface area contributed by atoms with Crippen LogP contribution in [0.3, 0.4) is 0 Å². The van der Waals surface area contributed by atoms with E-state index in [0.717, 1.165) is 18.9 Å². The van der Waals surface area contributed by atoms with Crippen LogP contribution in [0.15, 0.2) is 12.7 Å². The van der Waals surface area contributed by atoms with E-state index >= 15 is 0 Å². The predicted molar refractivity (Wildman–Crippen MR) is 60.0 cm³/mol. The van der Waals surface area contributed by atoms with Crippen LogP contribution in [-0.2, 0) is 9.53 Å². The van der Waals surface area contributed by atoms with Crippen LogP contribution in [0.1, 0.15) is 32.1 Å². The quantitative estimate of drug-likeness (QED) is 0.551. The molecule has 0 heterocycles. The number of aliphatic hydroxyl groups is 2. The second-order valence-corrected chi connectivity index (χ2v) is 5.67. The van der Waals surface area contributed by atoms with E-state index in [1.807, 2.05) is 0 Å². The molecule has 0 saturated heterocycles. The predicted octanol–water partition coefficient (Wildman–Crippen LogP) is 0.770. The number of ether oxygens (including phenoxy) is 1. The molecule has 3 saturated carbocycles. The Hall–Kier alpha value is -0.870. The molecule has 2 N–H and O–H groups in total. The van der Waals surface area contributed by atoms with Gasteiger partial charge < -0.3 is 14.9 Å². The molecule has 3 fully saturated rings. The van der Waals surface area contributed by atoms with Crippen molar-refractivity contribution in [2.24, 2.45) is 11.8 Å². The van der Waals surface area contributed by atoms with Gasteiger partial charge in [0.25, 0.3) is 0 Å². The molecular formula is C13H18O4. The summed E-state index contributed by atoms with van der Waals surface area (Å²) < 4.78 is 5.23. The van der Waals surface area contributed by atoms with Crippen molar-refractivity contribution in [3.8, 4) is 0 Å². The number of rotatable bonds is 2. The summed E-state index contributed by atoms with van der Waals surface area (Å²) in [6.07, 6.45) is 4.24. The average Bonchev–Trinajstić information content (AvgIpc) is 2.89. The van der Waals surface area contributed by atoms with E-state index in [1.54, 1.807) is 0 Å². The normalized spacial score (nSPS) is 51.3. The minimum Gasteiger partial charge on any atom is -0.456 e. The van der Waals surface area contributed by atoms with E-state index in [0.29, 0.717) is 25.2 Å². The van der Waals surface area contributed by atoms with Crippen molar-refractivity contribution in [3.05, 3.63) is 12.7 Å². The third-order valence-electron chi connectivity index (χ3n) is 5.06. The lowest BCUT2D eigenvalue weighted by atomic mass is 9.74. The lowest BCUT2D eigenvalue weighted by Gasteiger charge is -2.43. The molecule has 0 aromatic heterocycles. The Morgan fingerprint density at radius 1 is 1.35 bits per heavy atom. The number of fused-ring (bicyclic) bond motifs is 5. The number of carbonyl (C=O) groups excluding carboxylic acids is 1. The van der Waals surface area contributed by atoms with Gasteiger partial charge in [-0.3, -0.25) is 0 Å². The van der Waals surface area contributed by atoms with Crippen LogP contribution in [0.4, 0.5) is 0 Å². The fourth-order valence-electron chi connectivity index (χ4n) is 4.36. The first-order chi connectivity index (χ1) is 8.01. The van der Waals surface area contributed by atoms with E-state index in [2.05, 4.69) is 6.58 Å². The summed E-state index contributed by atoms with van der Waals surface area (Å²) in [5.41, 5.74) is -2.28. The van der Waals surface area contributed by atoms with Gasteiger partial charge in [0, 0.05) is 6.08 Å². The van der Waals surface area contributed by atoms with Gasteiger partial charge in [-0.2, -0.15) is 0 Å². The van der Waals surface area contributed by atoms with E-state index in [9.17, 15) is 15.0 Å². The second kappa shape index (κ2) is 3.33. The number of hydrogen-bond donors (Lipinski definition) is 2. The molecule has 0 amide bonds. The number of carbonyl (C=O) groups is 1. The van der Waals surface area contributed by atoms with Gasteiger partial charge in [-0.25, -0.2) is 4.79 Å². The van der Waals surface area contributed by atoms with Gasteiger partial charge in [-0.05, 0) is 43.9 Å². The van der Waals surface area contributed by atoms with Crippen molar-refractivity contribution in [1.82, 2.24) is 0 Å². The highest BCUT2D eigenvalue weighted by Crippen LogP contribution is 2.63. The smallest absolute Gasteiger partial charge is 0.330 e. The fourth-order valence-corrected chi connectivity index (χ4v) is 4.36. The Balaban J connectivity index is 1.90. The molecule has 5 atom stereocenters. The molecule has 0 aliphatic heterocycles. The lowest BCUT2D eigenvalue weighted by Crippen LogP contribution is -2.59. The maximum absolute atomic E-state index is 11.3. The SMILES string of the molecule is C=CC(=O)OC1CCC2C3CCC(O)(C3)C12O. The molecule has 5 unspecified atom stereocenters. The van der Waals surface area contributed by atoms with E-state index in [4.69, 9.17) is 4.74 Å². The molecule has 3 aliphatic carbocycles. The van der Waals surface area contributed by atoms with E-state index in [1.165, 1.54) is 0 Å². The highest BCUT2D eigenvalue weighted by atomic mass is 16.6. The van der Waals surface area contributed by atoms with Gasteiger partial charge in [0.2, 0.25) is 0 Å². The molecule has 4 heteroatoms. The van der Waals surface area contributed by atoms with Crippen LogP contribution in [0.25, 0.3) is 0 Å². The zero-order valence-corrected chi connectivity index (χ0v) is 9.76. The third kappa shape index (κ3) is 1.23. The third-order valence-corrected chi connectivity index (χ3v) is 5.06. The Morgan fingerprint density at radius 3 is 2.82 bits per heavy atom. The Labute approximate surface area is 100 Å². The molecule has 0 aromatic rings. The number of hydrogen-bond acceptors (Lipinski definition) is 4. The van der Waals surface area contributed by atoms with Crippen molar-refractivity contribution in [1.29, 1.82) is 0 Å². The van der Waals surface area contributed by atoms with Crippen LogP contribution >= 0.6 is 0 Å². The molecular weight excluding hydrogens is 220 g/mol. The summed E-state index contributed by atoms with van der Waals surface area (Å²) in [6.45, 7) is 3.36. The molecule has 0 radical (unpaired) electrons. The van der Waals surface area contributed by atoms with Gasteiger partial charge in [0.15, 0.2) is 0 Å². The molecule has 3 rings (SSSR count). The first-order valence-electron chi connectivity index (χ1n) is 6.29. The zero-order valence-electron chi connectivity index (χ0n) is 9.76. The summed E-state index contributed by atoms with van der Waals surface area (Å²) in [6, 6.07) is 0. The lowest BCUT2D eigenvalue weighted by molar-refractivity contribution is -0.206. The minimum absolute atomic E-state index is 0.0869. The maximum atomic E-state index is 11.3. The molecule has 2 bridgehead atoms. The van der Waals surface area contributed by atoms with E-state index < -0.39 is 23.3 Å². The zero-order chi connectivity index (χ0) is 12.3. The molecule has 0 spiro atoms. The van der Waals surface area contributed by atoms with Gasteiger partial charge in [-0.1, -0.05) is 6.58 Å². The van der Waals surface area contributed by atoms with Crippen LogP contribution in [0, 0.1) is 11.8 Å². The van der Waals surface area contributed by atoms with Gasteiger partial charge >= 0.3 is 5.97 Å². The van der Waals surface area contributed by atoms with Crippen molar-refractivity contribution in [2.75, 3.05) is 0 Å². The van der Waals surface area contributed by atoms with Gasteiger partial charge in [-0.15, -0.1) is 0 Å². The Bertz CT molecular complexity index is 380. The highest BCUT2D eigenvalue weighted by molar-refractivity contribution is 5.81. The topological polar surface area (TPSA) is 66.8 Å². The molecule has 3 aliphatic rings. The summed E-state index contributed by atoms with van der Waals surface area (Å²) in [5.74, 6) is -0.0447. The summed E-state index contributed by atoms with van der Waals surface area (Å²) in [7, 11) is 0. The molecule has 94 valence electrons. The van der Waals surface area contributed by atoms with Crippen LogP contribution in [0.2, 0.25) is 0 Å². The van der Waals surface area contributed by atoms with Crippen LogP contribution < -0.4 is 0 Å². The Kier molecular flexibility index (Phi) is 2.20. The summed E-state index contributed by atoms with van der Waals surface area (Å²) in [5, 5.41) is 21.4. The number of esters is 1. The Morgan fingerprint density at radius 2 is 2.12 bits per heavy atom. The minimum atomic E-state index is -1.23. The highest BCUT2D eigenvalue weighted by Gasteiger charge is 2.72. The second-order valence-electron chi connectivity index (χ2n) is 5.67. The first-order valence-corrected chi connectivity index (χ1v) is 6.29. The van der Waals surface area contributed by atoms with Gasteiger partial charge in [0.05, 0.1) is 5.60 Å². The summed E-state index contributed by atoms with van der Waals surface area (Å²) in [4.78, 5) is 11.3. The average molecular weight is 238 g/mol. The van der Waals surface area contributed by atoms with E-state index in [-0.39, 0.29) is 5.92 Å². The molecule has 0 aromatic carbocycles. The molecule has 17 heavy (non-hydrogen) atoms. The fraction of sp³-hybridized carbons (Fsp3) is 0.769.